The van der Waals surface area contributed by atoms with Gasteiger partial charge in [0.15, 0.2) is 0 Å². The average Bonchev–Trinajstić information content (AvgIpc) is 2.69. The first-order valence-electron chi connectivity index (χ1n) is 10.8. The second-order valence-corrected chi connectivity index (χ2v) is 7.70. The van der Waals surface area contributed by atoms with Crippen LogP contribution >= 0.6 is 0 Å². The van der Waals surface area contributed by atoms with Crippen LogP contribution in [0.2, 0.25) is 0 Å². The molecule has 0 spiro atoms. The van der Waals surface area contributed by atoms with Crippen molar-refractivity contribution >= 4 is 11.6 Å². The number of carbonyl (C=O) groups excluding carboxylic acids is 1. The summed E-state index contributed by atoms with van der Waals surface area (Å²) in [6.07, 6.45) is 6.14. The van der Waals surface area contributed by atoms with E-state index in [-0.39, 0.29) is 11.9 Å². The van der Waals surface area contributed by atoms with Crippen LogP contribution in [0.25, 0.3) is 0 Å². The second-order valence-electron chi connectivity index (χ2n) is 7.70. The molecule has 152 valence electrons. The highest BCUT2D eigenvalue weighted by molar-refractivity contribution is 5.79. The molecular weight excluding hydrogens is 344 g/mol. The van der Waals surface area contributed by atoms with E-state index in [9.17, 15) is 4.79 Å². The molecule has 3 heteroatoms. The number of hydrogen-bond acceptors (Lipinski definition) is 2. The van der Waals surface area contributed by atoms with E-state index in [2.05, 4.69) is 67.4 Å². The van der Waals surface area contributed by atoms with Crippen LogP contribution in [0.4, 0.5) is 5.69 Å². The Morgan fingerprint density at radius 3 is 2.07 bits per heavy atom. The summed E-state index contributed by atoms with van der Waals surface area (Å²) in [7, 11) is 0. The Morgan fingerprint density at radius 2 is 1.50 bits per heavy atom. The second kappa shape index (κ2) is 12.2. The number of carbonyl (C=O) groups is 1. The summed E-state index contributed by atoms with van der Waals surface area (Å²) < 4.78 is 0. The SMILES string of the molecule is CCCCN(CCCC)c1ccc(CC(=O)N[C@H](C)Cc2ccccc2)cc1. The summed E-state index contributed by atoms with van der Waals surface area (Å²) in [6, 6.07) is 19.0. The molecule has 0 heterocycles. The summed E-state index contributed by atoms with van der Waals surface area (Å²) in [5.41, 5.74) is 3.58. The summed E-state index contributed by atoms with van der Waals surface area (Å²) in [4.78, 5) is 14.9. The van der Waals surface area contributed by atoms with E-state index in [1.54, 1.807) is 0 Å². The predicted octanol–water partition coefficient (Wildman–Crippen LogP) is 5.38. The summed E-state index contributed by atoms with van der Waals surface area (Å²) >= 11 is 0. The lowest BCUT2D eigenvalue weighted by molar-refractivity contribution is -0.121. The lowest BCUT2D eigenvalue weighted by Gasteiger charge is -2.25. The monoisotopic (exact) mass is 380 g/mol. The van der Waals surface area contributed by atoms with Crippen LogP contribution in [0, 0.1) is 0 Å². The summed E-state index contributed by atoms with van der Waals surface area (Å²) in [5.74, 6) is 0.0880. The first-order chi connectivity index (χ1) is 13.6. The lowest BCUT2D eigenvalue weighted by atomic mass is 10.1. The van der Waals surface area contributed by atoms with Crippen molar-refractivity contribution in [1.82, 2.24) is 5.32 Å². The van der Waals surface area contributed by atoms with Gasteiger partial charge in [0.2, 0.25) is 5.91 Å². The molecule has 0 aliphatic carbocycles. The zero-order chi connectivity index (χ0) is 20.2. The maximum absolute atomic E-state index is 12.4. The minimum Gasteiger partial charge on any atom is -0.372 e. The standard InChI is InChI=1S/C25H36N2O/c1-4-6-17-27(18-7-5-2)24-15-13-23(14-16-24)20-25(28)26-21(3)19-22-11-9-8-10-12-22/h8-16,21H,4-7,17-20H2,1-3H3,(H,26,28)/t21-/m1/s1. The highest BCUT2D eigenvalue weighted by Crippen LogP contribution is 2.17. The van der Waals surface area contributed by atoms with Crippen molar-refractivity contribution in [1.29, 1.82) is 0 Å². The van der Waals surface area contributed by atoms with E-state index in [1.807, 2.05) is 18.2 Å². The number of amides is 1. The fraction of sp³-hybridized carbons (Fsp3) is 0.480. The molecule has 0 saturated carbocycles. The highest BCUT2D eigenvalue weighted by Gasteiger charge is 2.10. The largest absolute Gasteiger partial charge is 0.372 e. The van der Waals surface area contributed by atoms with Crippen molar-refractivity contribution < 1.29 is 4.79 Å². The third kappa shape index (κ3) is 7.75. The zero-order valence-electron chi connectivity index (χ0n) is 17.8. The van der Waals surface area contributed by atoms with E-state index in [1.165, 1.54) is 36.9 Å². The topological polar surface area (TPSA) is 32.3 Å². The summed E-state index contributed by atoms with van der Waals surface area (Å²) in [5, 5.41) is 3.12. The van der Waals surface area contributed by atoms with Crippen molar-refractivity contribution in [2.45, 2.75) is 65.3 Å². The molecule has 0 aromatic heterocycles. The van der Waals surface area contributed by atoms with Gasteiger partial charge in [-0.15, -0.1) is 0 Å². The predicted molar refractivity (Wildman–Crippen MR) is 120 cm³/mol. The Kier molecular flexibility index (Phi) is 9.61. The first-order valence-corrected chi connectivity index (χ1v) is 10.8. The number of rotatable bonds is 12. The average molecular weight is 381 g/mol. The zero-order valence-corrected chi connectivity index (χ0v) is 17.8. The molecule has 2 aromatic carbocycles. The van der Waals surface area contributed by atoms with Crippen molar-refractivity contribution in [2.75, 3.05) is 18.0 Å². The Labute approximate surface area is 171 Å². The normalized spacial score (nSPS) is 11.8. The molecule has 0 radical (unpaired) electrons. The molecule has 1 N–H and O–H groups in total. The van der Waals surface area contributed by atoms with Crippen molar-refractivity contribution in [2.24, 2.45) is 0 Å². The van der Waals surface area contributed by atoms with Gasteiger partial charge in [-0.1, -0.05) is 69.2 Å². The maximum atomic E-state index is 12.4. The van der Waals surface area contributed by atoms with Gasteiger partial charge in [0.25, 0.3) is 0 Å². The Bertz CT molecular complexity index is 673. The molecule has 2 rings (SSSR count). The Balaban J connectivity index is 1.86. The number of benzene rings is 2. The maximum Gasteiger partial charge on any atom is 0.224 e. The van der Waals surface area contributed by atoms with E-state index in [4.69, 9.17) is 0 Å². The Morgan fingerprint density at radius 1 is 0.893 bits per heavy atom. The molecule has 0 bridgehead atoms. The van der Waals surface area contributed by atoms with Crippen molar-refractivity contribution in [3.05, 3.63) is 65.7 Å². The third-order valence-corrected chi connectivity index (χ3v) is 5.02. The molecule has 2 aromatic rings. The van der Waals surface area contributed by atoms with Gasteiger partial charge in [-0.05, 0) is 49.4 Å². The molecule has 0 fully saturated rings. The molecule has 0 aliphatic heterocycles. The van der Waals surface area contributed by atoms with Crippen LogP contribution in [-0.2, 0) is 17.6 Å². The lowest BCUT2D eigenvalue weighted by Crippen LogP contribution is -2.35. The van der Waals surface area contributed by atoms with Crippen LogP contribution in [0.3, 0.4) is 0 Å². The highest BCUT2D eigenvalue weighted by atomic mass is 16.1. The number of unbranched alkanes of at least 4 members (excludes halogenated alkanes) is 2. The number of nitrogens with zero attached hydrogens (tertiary/aromatic N) is 1. The van der Waals surface area contributed by atoms with Gasteiger partial charge in [0, 0.05) is 24.8 Å². The molecule has 1 amide bonds. The minimum absolute atomic E-state index is 0.0880. The minimum atomic E-state index is 0.0880. The van der Waals surface area contributed by atoms with E-state index < -0.39 is 0 Å². The molecule has 3 nitrogen and oxygen atoms in total. The number of hydrogen-bond donors (Lipinski definition) is 1. The van der Waals surface area contributed by atoms with Gasteiger partial charge in [-0.2, -0.15) is 0 Å². The van der Waals surface area contributed by atoms with Crippen LogP contribution in [0.1, 0.15) is 57.6 Å². The number of anilines is 1. The van der Waals surface area contributed by atoms with Crippen LogP contribution in [-0.4, -0.2) is 25.0 Å². The molecule has 0 saturated heterocycles. The van der Waals surface area contributed by atoms with Crippen molar-refractivity contribution in [3.63, 3.8) is 0 Å². The fourth-order valence-electron chi connectivity index (χ4n) is 3.42. The quantitative estimate of drug-likeness (QED) is 0.536. The van der Waals surface area contributed by atoms with E-state index in [0.717, 1.165) is 25.1 Å². The van der Waals surface area contributed by atoms with Gasteiger partial charge in [0.05, 0.1) is 6.42 Å². The van der Waals surface area contributed by atoms with E-state index in [0.29, 0.717) is 6.42 Å². The van der Waals surface area contributed by atoms with Gasteiger partial charge in [-0.3, -0.25) is 4.79 Å². The van der Waals surface area contributed by atoms with Crippen LogP contribution < -0.4 is 10.2 Å². The molecule has 28 heavy (non-hydrogen) atoms. The first kappa shape index (κ1) is 22.0. The molecular formula is C25H36N2O. The van der Waals surface area contributed by atoms with Gasteiger partial charge < -0.3 is 10.2 Å². The van der Waals surface area contributed by atoms with E-state index >= 15 is 0 Å². The Hall–Kier alpha value is -2.29. The van der Waals surface area contributed by atoms with Gasteiger partial charge in [-0.25, -0.2) is 0 Å². The molecule has 0 aliphatic rings. The van der Waals surface area contributed by atoms with Gasteiger partial charge >= 0.3 is 0 Å². The summed E-state index contributed by atoms with van der Waals surface area (Å²) in [6.45, 7) is 8.74. The van der Waals surface area contributed by atoms with Crippen LogP contribution in [0.5, 0.6) is 0 Å². The van der Waals surface area contributed by atoms with Gasteiger partial charge in [0.1, 0.15) is 0 Å². The smallest absolute Gasteiger partial charge is 0.224 e. The number of nitrogens with one attached hydrogen (secondary N) is 1. The molecule has 0 unspecified atom stereocenters. The van der Waals surface area contributed by atoms with Crippen LogP contribution in [0.15, 0.2) is 54.6 Å². The fourth-order valence-corrected chi connectivity index (χ4v) is 3.42. The van der Waals surface area contributed by atoms with Crippen molar-refractivity contribution in [3.8, 4) is 0 Å². The third-order valence-electron chi connectivity index (χ3n) is 5.02. The molecule has 1 atom stereocenters.